The monoisotopic (exact) mass is 305 g/mol. The third kappa shape index (κ3) is 2.24. The lowest BCUT2D eigenvalue weighted by atomic mass is 9.96. The van der Waals surface area contributed by atoms with Gasteiger partial charge in [0.25, 0.3) is 0 Å². The highest BCUT2D eigenvalue weighted by Crippen LogP contribution is 2.35. The zero-order chi connectivity index (χ0) is 15.1. The van der Waals surface area contributed by atoms with Gasteiger partial charge in [0.2, 0.25) is 0 Å². The molecule has 0 spiro atoms. The molecule has 0 aromatic carbocycles. The van der Waals surface area contributed by atoms with Gasteiger partial charge in [-0.25, -0.2) is 9.97 Å². The van der Waals surface area contributed by atoms with E-state index in [1.165, 1.54) is 0 Å². The van der Waals surface area contributed by atoms with Gasteiger partial charge >= 0.3 is 0 Å². The summed E-state index contributed by atoms with van der Waals surface area (Å²) in [6, 6.07) is -0.525. The topological polar surface area (TPSA) is 86.4 Å². The van der Waals surface area contributed by atoms with Crippen LogP contribution in [-0.4, -0.2) is 55.4 Å². The van der Waals surface area contributed by atoms with Gasteiger partial charge in [0.15, 0.2) is 6.29 Å². The molecule has 2 saturated heterocycles. The number of hydrogen-bond donors (Lipinski definition) is 2. The number of fused-ring (bicyclic) bond motifs is 2. The molecule has 4 rings (SSSR count). The van der Waals surface area contributed by atoms with Gasteiger partial charge in [-0.05, 0) is 0 Å². The van der Waals surface area contributed by atoms with Gasteiger partial charge in [-0.3, -0.25) is 0 Å². The van der Waals surface area contributed by atoms with Crippen molar-refractivity contribution >= 4 is 0 Å². The van der Waals surface area contributed by atoms with Gasteiger partial charge in [0, 0.05) is 31.8 Å². The lowest BCUT2D eigenvalue weighted by molar-refractivity contribution is -0.165. The summed E-state index contributed by atoms with van der Waals surface area (Å²) in [4.78, 5) is 8.33. The van der Waals surface area contributed by atoms with Gasteiger partial charge in [-0.2, -0.15) is 0 Å². The van der Waals surface area contributed by atoms with Crippen molar-refractivity contribution in [2.45, 2.75) is 37.1 Å². The molecule has 8 heteroatoms. The number of aliphatic hydroxyl groups excluding tert-OH is 1. The van der Waals surface area contributed by atoms with Gasteiger partial charge in [-0.1, -0.05) is 0 Å². The van der Waals surface area contributed by atoms with Crippen molar-refractivity contribution in [3.63, 3.8) is 0 Å². The van der Waals surface area contributed by atoms with Crippen molar-refractivity contribution < 1.29 is 14.6 Å². The van der Waals surface area contributed by atoms with Crippen LogP contribution in [0.3, 0.4) is 0 Å². The van der Waals surface area contributed by atoms with E-state index >= 15 is 0 Å². The molecule has 2 N–H and O–H groups in total. The fraction of sp³-hybridized carbons (Fsp3) is 0.571. The first-order valence-electron chi connectivity index (χ1n) is 7.36. The Bertz CT molecular complexity index is 628. The summed E-state index contributed by atoms with van der Waals surface area (Å²) >= 11 is 0. The summed E-state index contributed by atoms with van der Waals surface area (Å²) in [5.74, 6) is 0.910. The average Bonchev–Trinajstić information content (AvgIpc) is 3.22. The minimum Gasteiger partial charge on any atom is -0.389 e. The third-order valence-electron chi connectivity index (χ3n) is 4.42. The summed E-state index contributed by atoms with van der Waals surface area (Å²) in [5.41, 5.74) is 0. The molecule has 4 heterocycles. The van der Waals surface area contributed by atoms with Crippen LogP contribution < -0.4 is 5.32 Å². The van der Waals surface area contributed by atoms with Crippen molar-refractivity contribution in [2.75, 3.05) is 6.61 Å². The molecule has 2 bridgehead atoms. The molecule has 2 aliphatic rings. The Balaban J connectivity index is 1.52. The Morgan fingerprint density at radius 1 is 1.41 bits per heavy atom. The molecule has 2 aromatic rings. The molecule has 2 fully saturated rings. The summed E-state index contributed by atoms with van der Waals surface area (Å²) in [7, 11) is 1.95. The number of rotatable bonds is 4. The predicted molar refractivity (Wildman–Crippen MR) is 75.7 cm³/mol. The minimum absolute atomic E-state index is 0.153. The van der Waals surface area contributed by atoms with Crippen LogP contribution in [0.2, 0.25) is 0 Å². The molecule has 0 amide bonds. The van der Waals surface area contributed by atoms with Gasteiger partial charge in [0.1, 0.15) is 18.0 Å². The molecular weight excluding hydrogens is 286 g/mol. The van der Waals surface area contributed by atoms with Crippen molar-refractivity contribution in [3.05, 3.63) is 36.9 Å². The summed E-state index contributed by atoms with van der Waals surface area (Å²) in [6.45, 7) is 1.04. The second-order valence-electron chi connectivity index (χ2n) is 5.73. The van der Waals surface area contributed by atoms with E-state index in [-0.39, 0.29) is 18.2 Å². The van der Waals surface area contributed by atoms with E-state index in [1.807, 2.05) is 28.6 Å². The van der Waals surface area contributed by atoms with Crippen LogP contribution >= 0.6 is 0 Å². The Hall–Kier alpha value is -1.74. The zero-order valence-corrected chi connectivity index (χ0v) is 12.2. The molecule has 2 aliphatic heterocycles. The van der Waals surface area contributed by atoms with Crippen LogP contribution in [0.5, 0.6) is 0 Å². The van der Waals surface area contributed by atoms with E-state index < -0.39 is 12.4 Å². The average molecular weight is 305 g/mol. The van der Waals surface area contributed by atoms with E-state index in [4.69, 9.17) is 9.47 Å². The molecule has 118 valence electrons. The van der Waals surface area contributed by atoms with Crippen molar-refractivity contribution in [1.82, 2.24) is 24.4 Å². The van der Waals surface area contributed by atoms with Crippen molar-refractivity contribution in [2.24, 2.45) is 7.05 Å². The normalized spacial score (nSPS) is 34.2. The number of nitrogens with zero attached hydrogens (tertiary/aromatic N) is 4. The minimum atomic E-state index is -0.624. The maximum atomic E-state index is 10.8. The number of nitrogens with one attached hydrogen (secondary N) is 1. The van der Waals surface area contributed by atoms with E-state index in [0.29, 0.717) is 13.2 Å². The van der Waals surface area contributed by atoms with Crippen LogP contribution in [0.1, 0.15) is 11.9 Å². The Labute approximate surface area is 127 Å². The van der Waals surface area contributed by atoms with Crippen LogP contribution in [0.25, 0.3) is 0 Å². The van der Waals surface area contributed by atoms with Gasteiger partial charge < -0.3 is 29.0 Å². The number of aryl methyl sites for hydroxylation is 1. The first-order chi connectivity index (χ1) is 10.7. The number of imidazole rings is 2. The Kier molecular flexibility index (Phi) is 3.45. The van der Waals surface area contributed by atoms with E-state index in [2.05, 4.69) is 15.3 Å². The second-order valence-corrected chi connectivity index (χ2v) is 5.73. The number of aliphatic hydroxyl groups is 1. The summed E-state index contributed by atoms with van der Waals surface area (Å²) in [6.07, 6.45) is 7.62. The zero-order valence-electron chi connectivity index (χ0n) is 12.2. The highest BCUT2D eigenvalue weighted by molar-refractivity contribution is 5.02. The second kappa shape index (κ2) is 5.47. The number of hydrogen-bond acceptors (Lipinski definition) is 6. The van der Waals surface area contributed by atoms with Crippen molar-refractivity contribution in [1.29, 1.82) is 0 Å². The lowest BCUT2D eigenvalue weighted by Crippen LogP contribution is -2.57. The molecule has 2 aromatic heterocycles. The van der Waals surface area contributed by atoms with Crippen molar-refractivity contribution in [3.8, 4) is 0 Å². The Morgan fingerprint density at radius 2 is 2.32 bits per heavy atom. The van der Waals surface area contributed by atoms with E-state index in [9.17, 15) is 5.11 Å². The predicted octanol–water partition coefficient (Wildman–Crippen LogP) is -0.568. The molecule has 0 unspecified atom stereocenters. The fourth-order valence-electron chi connectivity index (χ4n) is 3.19. The lowest BCUT2D eigenvalue weighted by Gasteiger charge is -2.39. The van der Waals surface area contributed by atoms with Crippen LogP contribution in [0.15, 0.2) is 31.1 Å². The summed E-state index contributed by atoms with van der Waals surface area (Å²) < 4.78 is 15.4. The van der Waals surface area contributed by atoms with Crippen LogP contribution in [0.4, 0.5) is 0 Å². The number of aromatic nitrogens is 4. The van der Waals surface area contributed by atoms with Crippen LogP contribution in [-0.2, 0) is 23.1 Å². The standard InChI is InChI=1S/C14H19N5O3/c1-18-4-3-16-10(18)6-17-11-9-7-21-14(22-9)12(13(11)20)19-5-2-15-8-19/h2-5,8-9,11-14,17,20H,6-7H2,1H3/t9-,11-,12-,13+,14-/m1/s1. The van der Waals surface area contributed by atoms with E-state index in [1.54, 1.807) is 18.7 Å². The first-order valence-corrected chi connectivity index (χ1v) is 7.36. The highest BCUT2D eigenvalue weighted by atomic mass is 16.7. The first kappa shape index (κ1) is 13.9. The molecule has 8 nitrogen and oxygen atoms in total. The highest BCUT2D eigenvalue weighted by Gasteiger charge is 2.50. The molecule has 0 aliphatic carbocycles. The Morgan fingerprint density at radius 3 is 3.05 bits per heavy atom. The fourth-order valence-corrected chi connectivity index (χ4v) is 3.19. The molecule has 22 heavy (non-hydrogen) atoms. The summed E-state index contributed by atoms with van der Waals surface area (Å²) in [5, 5.41) is 14.1. The van der Waals surface area contributed by atoms with Crippen LogP contribution in [0, 0.1) is 0 Å². The maximum Gasteiger partial charge on any atom is 0.181 e. The van der Waals surface area contributed by atoms with Gasteiger partial charge in [0.05, 0.1) is 31.6 Å². The SMILES string of the molecule is Cn1ccnc1CN[C@H]1[C@H](O)[C@@H](n2ccnc2)[C@@H]2OC[C@H]1O2. The number of ether oxygens (including phenoxy) is 2. The van der Waals surface area contributed by atoms with E-state index in [0.717, 1.165) is 5.82 Å². The smallest absolute Gasteiger partial charge is 0.181 e. The quantitative estimate of drug-likeness (QED) is 0.787. The third-order valence-corrected chi connectivity index (χ3v) is 4.42. The molecule has 5 atom stereocenters. The molecule has 0 radical (unpaired) electrons. The largest absolute Gasteiger partial charge is 0.389 e. The van der Waals surface area contributed by atoms with Gasteiger partial charge in [-0.15, -0.1) is 0 Å². The maximum absolute atomic E-state index is 10.8. The molecule has 0 saturated carbocycles. The molecular formula is C14H19N5O3.